The summed E-state index contributed by atoms with van der Waals surface area (Å²) in [7, 11) is 4.43. The number of nitrogens with two attached hydrogens (primary N) is 2. The molecule has 0 saturated carbocycles. The first-order chi connectivity index (χ1) is 20.7. The maximum atomic E-state index is 13.7. The number of pyridine rings is 1. The Bertz CT molecular complexity index is 2140. The third kappa shape index (κ3) is 4.49. The van der Waals surface area contributed by atoms with Crippen LogP contribution in [0.4, 0.5) is 0 Å². The Morgan fingerprint density at radius 1 is 0.860 bits per heavy atom. The number of guanidine groups is 1. The number of benzene rings is 3. The molecule has 6 aromatic rings. The average molecular weight is 585 g/mol. The summed E-state index contributed by atoms with van der Waals surface area (Å²) < 4.78 is 29.8. The van der Waals surface area contributed by atoms with Crippen molar-refractivity contribution >= 4 is 44.1 Å². The summed E-state index contributed by atoms with van der Waals surface area (Å²) in [6, 6.07) is 13.4. The predicted octanol–water partition coefficient (Wildman–Crippen LogP) is 4.11. The van der Waals surface area contributed by atoms with E-state index in [9.17, 15) is 15.0 Å². The molecule has 0 bridgehead atoms. The van der Waals surface area contributed by atoms with Gasteiger partial charge in [0.05, 0.1) is 33.4 Å². The first-order valence-corrected chi connectivity index (χ1v) is 13.1. The number of rotatable bonds is 8. The van der Waals surface area contributed by atoms with Crippen LogP contribution in [0.15, 0.2) is 68.9 Å². The Kier molecular flexibility index (Phi) is 6.73. The molecule has 3 aromatic carbocycles. The number of hydrogen-bond donors (Lipinski definition) is 4. The highest BCUT2D eigenvalue weighted by molar-refractivity contribution is 6.22. The van der Waals surface area contributed by atoms with Gasteiger partial charge in [-0.2, -0.15) is 0 Å². The van der Waals surface area contributed by atoms with E-state index in [1.807, 2.05) is 0 Å². The summed E-state index contributed by atoms with van der Waals surface area (Å²) in [5.41, 5.74) is 12.6. The van der Waals surface area contributed by atoms with E-state index in [0.717, 1.165) is 0 Å². The van der Waals surface area contributed by atoms with Crippen molar-refractivity contribution in [2.45, 2.75) is 0 Å². The minimum absolute atomic E-state index is 0.0267. The largest absolute Gasteiger partial charge is 0.504 e. The van der Waals surface area contributed by atoms with Gasteiger partial charge in [0, 0.05) is 34.0 Å². The molecule has 0 saturated heterocycles. The van der Waals surface area contributed by atoms with Gasteiger partial charge in [-0.3, -0.25) is 4.99 Å². The van der Waals surface area contributed by atoms with Crippen LogP contribution in [0.2, 0.25) is 0 Å². The summed E-state index contributed by atoms with van der Waals surface area (Å²) in [5.74, 6) is 1.12. The number of hydrogen-bond acceptors (Lipinski definition) is 9. The van der Waals surface area contributed by atoms with E-state index in [2.05, 4.69) is 4.99 Å². The maximum absolute atomic E-state index is 13.7. The van der Waals surface area contributed by atoms with E-state index in [4.69, 9.17) is 34.8 Å². The maximum Gasteiger partial charge on any atom is 0.361 e. The molecule has 220 valence electrons. The molecule has 0 radical (unpaired) electrons. The minimum atomic E-state index is -0.594. The van der Waals surface area contributed by atoms with Crippen molar-refractivity contribution < 1.29 is 33.6 Å². The van der Waals surface area contributed by atoms with Crippen molar-refractivity contribution in [1.82, 2.24) is 4.40 Å². The summed E-state index contributed by atoms with van der Waals surface area (Å²) in [6.07, 6.45) is 1.74. The molecule has 0 aliphatic rings. The molecule has 6 rings (SSSR count). The van der Waals surface area contributed by atoms with Gasteiger partial charge in [-0.1, -0.05) is 6.07 Å². The van der Waals surface area contributed by atoms with E-state index >= 15 is 0 Å². The molecule has 0 fully saturated rings. The van der Waals surface area contributed by atoms with Crippen LogP contribution >= 0.6 is 0 Å². The van der Waals surface area contributed by atoms with Crippen molar-refractivity contribution in [3.05, 3.63) is 65.1 Å². The highest BCUT2D eigenvalue weighted by Crippen LogP contribution is 2.46. The quantitative estimate of drug-likeness (QED) is 0.0881. The molecule has 0 spiro atoms. The molecule has 6 N–H and O–H groups in total. The van der Waals surface area contributed by atoms with Crippen LogP contribution in [0.5, 0.6) is 34.5 Å². The third-order valence-electron chi connectivity index (χ3n) is 7.26. The second-order valence-corrected chi connectivity index (χ2v) is 9.67. The Morgan fingerprint density at radius 2 is 1.58 bits per heavy atom. The van der Waals surface area contributed by atoms with Crippen LogP contribution < -0.4 is 36.0 Å². The minimum Gasteiger partial charge on any atom is -0.504 e. The predicted molar refractivity (Wildman–Crippen MR) is 163 cm³/mol. The fourth-order valence-electron chi connectivity index (χ4n) is 5.41. The Morgan fingerprint density at radius 3 is 2.28 bits per heavy atom. The summed E-state index contributed by atoms with van der Waals surface area (Å²) in [5, 5.41) is 23.8. The molecule has 0 aliphatic heterocycles. The van der Waals surface area contributed by atoms with Crippen LogP contribution in [0.25, 0.3) is 49.3 Å². The topological polar surface area (TPSA) is 176 Å². The van der Waals surface area contributed by atoms with Gasteiger partial charge in [0.15, 0.2) is 40.5 Å². The molecule has 0 unspecified atom stereocenters. The molecule has 3 aromatic heterocycles. The normalized spacial score (nSPS) is 11.3. The number of phenols is 2. The zero-order valence-electron chi connectivity index (χ0n) is 23.5. The lowest BCUT2D eigenvalue weighted by Gasteiger charge is -2.12. The second-order valence-electron chi connectivity index (χ2n) is 9.67. The van der Waals surface area contributed by atoms with Crippen LogP contribution in [0, 0.1) is 0 Å². The average Bonchev–Trinajstić information content (AvgIpc) is 3.35. The highest BCUT2D eigenvalue weighted by atomic mass is 16.5. The lowest BCUT2D eigenvalue weighted by Crippen LogP contribution is -2.23. The third-order valence-corrected chi connectivity index (χ3v) is 7.26. The fraction of sp³-hybridized carbons (Fsp3) is 0.161. The smallest absolute Gasteiger partial charge is 0.361 e. The van der Waals surface area contributed by atoms with Gasteiger partial charge in [-0.25, -0.2) is 4.79 Å². The van der Waals surface area contributed by atoms with Crippen LogP contribution in [0.3, 0.4) is 0 Å². The van der Waals surface area contributed by atoms with E-state index in [-0.39, 0.29) is 47.5 Å². The molecule has 0 aliphatic carbocycles. The summed E-state index contributed by atoms with van der Waals surface area (Å²) >= 11 is 0. The molecule has 0 amide bonds. The van der Waals surface area contributed by atoms with Crippen LogP contribution in [-0.2, 0) is 0 Å². The summed E-state index contributed by atoms with van der Waals surface area (Å²) in [4.78, 5) is 17.6. The Balaban J connectivity index is 1.75. The van der Waals surface area contributed by atoms with E-state index in [1.165, 1.54) is 21.3 Å². The number of aromatic hydroxyl groups is 2. The van der Waals surface area contributed by atoms with E-state index < -0.39 is 5.63 Å². The van der Waals surface area contributed by atoms with Gasteiger partial charge in [-0.05, 0) is 47.3 Å². The number of fused-ring (bicyclic) bond motifs is 7. The number of methoxy groups -OCH3 is 3. The SMILES string of the molecule is COc1ccc(-c2c3c4cc(OC)c(OCCN=C(N)N)cc4oc(=O)c3n3ccc4cc(O)c(OC)cc4c23)cc1O. The van der Waals surface area contributed by atoms with Gasteiger partial charge in [0.1, 0.15) is 17.7 Å². The van der Waals surface area contributed by atoms with E-state index in [0.29, 0.717) is 55.4 Å². The highest BCUT2D eigenvalue weighted by Gasteiger charge is 2.25. The van der Waals surface area contributed by atoms with Gasteiger partial charge >= 0.3 is 5.63 Å². The van der Waals surface area contributed by atoms with Crippen LogP contribution in [0.1, 0.15) is 0 Å². The van der Waals surface area contributed by atoms with Gasteiger partial charge in [0.2, 0.25) is 0 Å². The van der Waals surface area contributed by atoms with Crippen molar-refractivity contribution in [3.8, 4) is 45.6 Å². The Labute approximate surface area is 243 Å². The zero-order valence-corrected chi connectivity index (χ0v) is 23.5. The molecule has 12 heteroatoms. The standard InChI is InChI=1S/C31H28N4O8/c1-39-21-5-4-16(11-19(21)36)26-27-18-13-24(41-3)25(42-9-7-34-31(32)33)14-22(18)43-30(38)29(27)35-8-6-15-10-20(37)23(40-2)12-17(15)28(26)35/h4-6,8,10-14,36-37H,7,9H2,1-3H3,(H4,32,33,34). The van der Waals surface area contributed by atoms with Crippen molar-refractivity contribution in [2.24, 2.45) is 16.5 Å². The lowest BCUT2D eigenvalue weighted by atomic mass is 9.98. The van der Waals surface area contributed by atoms with Crippen molar-refractivity contribution in [2.75, 3.05) is 34.5 Å². The number of phenolic OH excluding ortho intramolecular Hbond substituents is 2. The van der Waals surface area contributed by atoms with Gasteiger partial charge in [0.25, 0.3) is 0 Å². The number of nitrogens with zero attached hydrogens (tertiary/aromatic N) is 2. The lowest BCUT2D eigenvalue weighted by molar-refractivity contribution is 0.303. The number of aliphatic imine (C=N–C) groups is 1. The second kappa shape index (κ2) is 10.6. The molecular weight excluding hydrogens is 556 g/mol. The first-order valence-electron chi connectivity index (χ1n) is 13.1. The van der Waals surface area contributed by atoms with Crippen LogP contribution in [-0.4, -0.2) is 55.1 Å². The zero-order chi connectivity index (χ0) is 30.4. The molecule has 3 heterocycles. The molecule has 12 nitrogen and oxygen atoms in total. The summed E-state index contributed by atoms with van der Waals surface area (Å²) in [6.45, 7) is 0.369. The van der Waals surface area contributed by atoms with Gasteiger partial charge < -0.3 is 49.4 Å². The van der Waals surface area contributed by atoms with E-state index in [1.54, 1.807) is 59.1 Å². The number of aromatic nitrogens is 1. The van der Waals surface area contributed by atoms with Crippen molar-refractivity contribution in [1.29, 1.82) is 0 Å². The monoisotopic (exact) mass is 584 g/mol. The van der Waals surface area contributed by atoms with Gasteiger partial charge in [-0.15, -0.1) is 0 Å². The molecule has 0 atom stereocenters. The number of ether oxygens (including phenoxy) is 4. The molecule has 43 heavy (non-hydrogen) atoms. The Hall–Kier alpha value is -5.78. The van der Waals surface area contributed by atoms with Crippen molar-refractivity contribution in [3.63, 3.8) is 0 Å². The fourth-order valence-corrected chi connectivity index (χ4v) is 5.41. The first kappa shape index (κ1) is 27.4. The molecular formula is C31H28N4O8.